The van der Waals surface area contributed by atoms with Crippen LogP contribution >= 0.6 is 0 Å². The third-order valence-electron chi connectivity index (χ3n) is 4.75. The van der Waals surface area contributed by atoms with Gasteiger partial charge in [-0.2, -0.15) is 0 Å². The molecule has 3 heterocycles. The van der Waals surface area contributed by atoms with Gasteiger partial charge in [-0.3, -0.25) is 9.78 Å². The molecule has 0 aliphatic carbocycles. The molecule has 4 rings (SSSR count). The van der Waals surface area contributed by atoms with Gasteiger partial charge in [-0.1, -0.05) is 6.07 Å². The number of aromatic nitrogens is 2. The lowest BCUT2D eigenvalue weighted by Crippen LogP contribution is -2.29. The summed E-state index contributed by atoms with van der Waals surface area (Å²) in [5.41, 5.74) is 1.39. The first-order chi connectivity index (χ1) is 13.3. The fourth-order valence-electron chi connectivity index (χ4n) is 3.40. The molecule has 0 unspecified atom stereocenters. The number of hydrogen-bond donors (Lipinski definition) is 1. The number of anilines is 2. The van der Waals surface area contributed by atoms with Gasteiger partial charge in [-0.05, 0) is 44.5 Å². The smallest absolute Gasteiger partial charge is 0.260 e. The Morgan fingerprint density at radius 2 is 2.11 bits per heavy atom. The molecule has 1 aliphatic heterocycles. The number of ether oxygens (including phenoxy) is 2. The van der Waals surface area contributed by atoms with Crippen molar-refractivity contribution in [1.82, 2.24) is 9.55 Å². The maximum absolute atomic E-state index is 14.3. The SMILES string of the molecule is Cc1ccc(Nc2cncc3ccn(C[C@@H]4COC(C)(C)O4)c(=O)c23)c(F)c1. The molecule has 1 N–H and O–H groups in total. The molecule has 3 aromatic rings. The minimum absolute atomic E-state index is 0.191. The second-order valence-electron chi connectivity index (χ2n) is 7.48. The van der Waals surface area contributed by atoms with Crippen LogP contribution in [0.4, 0.5) is 15.8 Å². The quantitative estimate of drug-likeness (QED) is 0.744. The van der Waals surface area contributed by atoms with Crippen molar-refractivity contribution in [2.45, 2.75) is 39.2 Å². The van der Waals surface area contributed by atoms with Crippen LogP contribution in [-0.2, 0) is 16.0 Å². The Morgan fingerprint density at radius 1 is 1.29 bits per heavy atom. The van der Waals surface area contributed by atoms with Gasteiger partial charge in [-0.15, -0.1) is 0 Å². The molecular weight excluding hydrogens is 361 g/mol. The minimum Gasteiger partial charge on any atom is -0.351 e. The van der Waals surface area contributed by atoms with Crippen molar-refractivity contribution in [2.24, 2.45) is 0 Å². The molecule has 0 spiro atoms. The minimum atomic E-state index is -0.648. The normalized spacial score (nSPS) is 18.5. The Labute approximate surface area is 161 Å². The van der Waals surface area contributed by atoms with E-state index >= 15 is 0 Å². The lowest BCUT2D eigenvalue weighted by Gasteiger charge is -2.18. The maximum Gasteiger partial charge on any atom is 0.260 e. The first-order valence-corrected chi connectivity index (χ1v) is 9.14. The van der Waals surface area contributed by atoms with Crippen LogP contribution in [0, 0.1) is 12.7 Å². The van der Waals surface area contributed by atoms with E-state index in [2.05, 4.69) is 10.3 Å². The summed E-state index contributed by atoms with van der Waals surface area (Å²) in [6.07, 6.45) is 4.66. The number of hydrogen-bond acceptors (Lipinski definition) is 5. The molecule has 1 aliphatic rings. The number of rotatable bonds is 4. The van der Waals surface area contributed by atoms with E-state index in [1.165, 1.54) is 12.3 Å². The average Bonchev–Trinajstić information content (AvgIpc) is 2.98. The number of fused-ring (bicyclic) bond motifs is 1. The number of nitrogens with zero attached hydrogens (tertiary/aromatic N) is 2. The summed E-state index contributed by atoms with van der Waals surface area (Å²) in [6.45, 7) is 6.31. The van der Waals surface area contributed by atoms with Crippen LogP contribution in [-0.4, -0.2) is 28.0 Å². The summed E-state index contributed by atoms with van der Waals surface area (Å²) in [4.78, 5) is 17.3. The van der Waals surface area contributed by atoms with Gasteiger partial charge in [0.25, 0.3) is 5.56 Å². The van der Waals surface area contributed by atoms with Crippen LogP contribution in [0.25, 0.3) is 10.8 Å². The largest absolute Gasteiger partial charge is 0.351 e. The molecule has 0 amide bonds. The van der Waals surface area contributed by atoms with E-state index in [4.69, 9.17) is 9.47 Å². The fraction of sp³-hybridized carbons (Fsp3) is 0.333. The Kier molecular flexibility index (Phi) is 4.64. The van der Waals surface area contributed by atoms with E-state index in [1.807, 2.05) is 26.8 Å². The van der Waals surface area contributed by atoms with Crippen LogP contribution in [0.3, 0.4) is 0 Å². The topological polar surface area (TPSA) is 65.4 Å². The zero-order valence-corrected chi connectivity index (χ0v) is 16.0. The molecule has 1 saturated heterocycles. The van der Waals surface area contributed by atoms with E-state index in [0.29, 0.717) is 35.3 Å². The molecule has 28 heavy (non-hydrogen) atoms. The van der Waals surface area contributed by atoms with Crippen molar-refractivity contribution in [1.29, 1.82) is 0 Å². The summed E-state index contributed by atoms with van der Waals surface area (Å²) in [6, 6.07) is 6.72. The average molecular weight is 383 g/mol. The molecule has 1 aromatic carbocycles. The van der Waals surface area contributed by atoms with Crippen molar-refractivity contribution < 1.29 is 13.9 Å². The van der Waals surface area contributed by atoms with Crippen LogP contribution in [0.2, 0.25) is 0 Å². The van der Waals surface area contributed by atoms with E-state index in [1.54, 1.807) is 29.1 Å². The zero-order valence-electron chi connectivity index (χ0n) is 16.0. The van der Waals surface area contributed by atoms with Crippen LogP contribution in [0.5, 0.6) is 0 Å². The van der Waals surface area contributed by atoms with Crippen molar-refractivity contribution in [3.05, 3.63) is 64.6 Å². The van der Waals surface area contributed by atoms with Crippen molar-refractivity contribution in [3.8, 4) is 0 Å². The van der Waals surface area contributed by atoms with Gasteiger partial charge in [0, 0.05) is 17.8 Å². The van der Waals surface area contributed by atoms with E-state index < -0.39 is 5.79 Å². The van der Waals surface area contributed by atoms with Crippen molar-refractivity contribution in [2.75, 3.05) is 11.9 Å². The van der Waals surface area contributed by atoms with Gasteiger partial charge in [0.15, 0.2) is 5.79 Å². The van der Waals surface area contributed by atoms with Gasteiger partial charge in [0.05, 0.1) is 36.1 Å². The fourth-order valence-corrected chi connectivity index (χ4v) is 3.40. The van der Waals surface area contributed by atoms with Gasteiger partial charge < -0.3 is 19.4 Å². The maximum atomic E-state index is 14.3. The number of benzene rings is 1. The standard InChI is InChI=1S/C21H22FN3O3/c1-13-4-5-17(16(22)8-13)24-18-10-23-9-14-6-7-25(20(26)19(14)18)11-15-12-27-21(2,3)28-15/h4-10,15,24H,11-12H2,1-3H3/t15-/m1/s1. The van der Waals surface area contributed by atoms with E-state index in [-0.39, 0.29) is 17.5 Å². The molecule has 1 fully saturated rings. The number of pyridine rings is 2. The first-order valence-electron chi connectivity index (χ1n) is 9.14. The number of aryl methyl sites for hydroxylation is 1. The van der Waals surface area contributed by atoms with Crippen LogP contribution in [0.1, 0.15) is 19.4 Å². The predicted octanol–water partition coefficient (Wildman–Crippen LogP) is 3.74. The summed E-state index contributed by atoms with van der Waals surface area (Å²) in [5, 5.41) is 4.15. The van der Waals surface area contributed by atoms with E-state index in [9.17, 15) is 9.18 Å². The molecule has 6 nitrogen and oxygen atoms in total. The molecule has 146 valence electrons. The highest BCUT2D eigenvalue weighted by molar-refractivity contribution is 5.93. The predicted molar refractivity (Wildman–Crippen MR) is 105 cm³/mol. The highest BCUT2D eigenvalue weighted by atomic mass is 19.1. The van der Waals surface area contributed by atoms with E-state index in [0.717, 1.165) is 5.56 Å². The van der Waals surface area contributed by atoms with Gasteiger partial charge in [-0.25, -0.2) is 4.39 Å². The number of halogens is 1. The lowest BCUT2D eigenvalue weighted by atomic mass is 10.1. The van der Waals surface area contributed by atoms with Crippen LogP contribution in [0.15, 0.2) is 47.7 Å². The highest BCUT2D eigenvalue weighted by Crippen LogP contribution is 2.26. The molecule has 7 heteroatoms. The summed E-state index contributed by atoms with van der Waals surface area (Å²) in [7, 11) is 0. The van der Waals surface area contributed by atoms with Crippen LogP contribution < -0.4 is 10.9 Å². The number of nitrogens with one attached hydrogen (secondary N) is 1. The third-order valence-corrected chi connectivity index (χ3v) is 4.75. The first kappa shape index (κ1) is 18.6. The Bertz CT molecular complexity index is 1090. The van der Waals surface area contributed by atoms with Gasteiger partial charge in [0.2, 0.25) is 0 Å². The molecule has 0 radical (unpaired) electrons. The molecule has 1 atom stereocenters. The second-order valence-corrected chi connectivity index (χ2v) is 7.48. The zero-order chi connectivity index (χ0) is 19.9. The third kappa shape index (κ3) is 3.63. The van der Waals surface area contributed by atoms with Crippen molar-refractivity contribution >= 4 is 22.1 Å². The summed E-state index contributed by atoms with van der Waals surface area (Å²) >= 11 is 0. The summed E-state index contributed by atoms with van der Waals surface area (Å²) in [5.74, 6) is -1.03. The molecule has 2 aromatic heterocycles. The monoisotopic (exact) mass is 383 g/mol. The Morgan fingerprint density at radius 3 is 2.82 bits per heavy atom. The second kappa shape index (κ2) is 7.00. The van der Waals surface area contributed by atoms with Gasteiger partial charge >= 0.3 is 0 Å². The van der Waals surface area contributed by atoms with Gasteiger partial charge in [0.1, 0.15) is 11.9 Å². The Balaban J connectivity index is 1.71. The Hall–Kier alpha value is -2.77. The molecular formula is C21H22FN3O3. The highest BCUT2D eigenvalue weighted by Gasteiger charge is 2.32. The molecule has 0 saturated carbocycles. The molecule has 0 bridgehead atoms. The summed E-state index contributed by atoms with van der Waals surface area (Å²) < 4.78 is 27.2. The van der Waals surface area contributed by atoms with Crippen molar-refractivity contribution in [3.63, 3.8) is 0 Å². The lowest BCUT2D eigenvalue weighted by molar-refractivity contribution is -0.139.